The molecule has 0 heterocycles. The lowest BCUT2D eigenvalue weighted by Gasteiger charge is -2.03. The molecule has 0 atom stereocenters. The quantitative estimate of drug-likeness (QED) is 0.531. The van der Waals surface area contributed by atoms with E-state index >= 15 is 0 Å². The first-order valence-electron chi connectivity index (χ1n) is 3.15. The highest BCUT2D eigenvalue weighted by Gasteiger charge is 2.01. The lowest BCUT2D eigenvalue weighted by Crippen LogP contribution is -1.86. The van der Waals surface area contributed by atoms with Gasteiger partial charge in [0.05, 0.1) is 0 Å². The summed E-state index contributed by atoms with van der Waals surface area (Å²) in [6.07, 6.45) is 0. The van der Waals surface area contributed by atoms with Crippen molar-refractivity contribution in [1.82, 2.24) is 0 Å². The molecule has 0 aromatic heterocycles. The molecule has 0 spiro atoms. The molecule has 1 aromatic rings. The van der Waals surface area contributed by atoms with Crippen LogP contribution >= 0.6 is 50.1 Å². The summed E-state index contributed by atoms with van der Waals surface area (Å²) in [4.78, 5) is 0. The van der Waals surface area contributed by atoms with Crippen molar-refractivity contribution in [2.45, 2.75) is 12.8 Å². The Balaban J connectivity index is 3.21. The molecule has 0 unspecified atom stereocenters. The van der Waals surface area contributed by atoms with Crippen LogP contribution in [-0.2, 0) is 5.88 Å². The zero-order valence-electron chi connectivity index (χ0n) is 6.00. The smallest absolute Gasteiger partial charge is 0.0474 e. The van der Waals surface area contributed by atoms with E-state index in [0.717, 1.165) is 10.0 Å². The number of rotatable bonds is 1. The first kappa shape index (κ1) is 9.81. The molecular weight excluding hydrogens is 338 g/mol. The molecule has 0 aliphatic rings. The first-order chi connectivity index (χ1) is 5.15. The van der Waals surface area contributed by atoms with E-state index in [0.29, 0.717) is 5.88 Å². The van der Waals surface area contributed by atoms with Gasteiger partial charge in [0.15, 0.2) is 0 Å². The SMILES string of the molecule is Cc1cc(CCl)cc(Br)c1I. The fraction of sp³-hybridized carbons (Fsp3) is 0.250. The third kappa shape index (κ3) is 2.33. The highest BCUT2D eigenvalue weighted by Crippen LogP contribution is 2.24. The fourth-order valence-corrected chi connectivity index (χ4v) is 1.95. The second-order valence-corrected chi connectivity index (χ2v) is 4.54. The highest BCUT2D eigenvalue weighted by atomic mass is 127. The van der Waals surface area contributed by atoms with Gasteiger partial charge in [0, 0.05) is 13.9 Å². The van der Waals surface area contributed by atoms with Crippen LogP contribution in [0.4, 0.5) is 0 Å². The normalized spacial score (nSPS) is 10.2. The molecule has 0 aliphatic carbocycles. The number of halogens is 3. The van der Waals surface area contributed by atoms with Gasteiger partial charge in [-0.15, -0.1) is 11.6 Å². The second kappa shape index (κ2) is 4.10. The summed E-state index contributed by atoms with van der Waals surface area (Å²) in [5.41, 5.74) is 2.44. The van der Waals surface area contributed by atoms with E-state index in [9.17, 15) is 0 Å². The highest BCUT2D eigenvalue weighted by molar-refractivity contribution is 14.1. The molecule has 1 aromatic carbocycles. The van der Waals surface area contributed by atoms with Crippen LogP contribution < -0.4 is 0 Å². The maximum Gasteiger partial charge on any atom is 0.0474 e. The number of hydrogen-bond acceptors (Lipinski definition) is 0. The molecular formula is C8H7BrClI. The molecule has 0 fully saturated rings. The number of aryl methyl sites for hydroxylation is 1. The summed E-state index contributed by atoms with van der Waals surface area (Å²) in [5.74, 6) is 0.580. The van der Waals surface area contributed by atoms with Crippen molar-refractivity contribution in [3.63, 3.8) is 0 Å². The van der Waals surface area contributed by atoms with Crippen LogP contribution in [0.5, 0.6) is 0 Å². The Labute approximate surface area is 93.6 Å². The minimum atomic E-state index is 0.580. The van der Waals surface area contributed by atoms with Gasteiger partial charge in [-0.25, -0.2) is 0 Å². The van der Waals surface area contributed by atoms with Crippen molar-refractivity contribution < 1.29 is 0 Å². The predicted molar refractivity (Wildman–Crippen MR) is 61.2 cm³/mol. The van der Waals surface area contributed by atoms with Gasteiger partial charge in [-0.05, 0) is 62.6 Å². The zero-order chi connectivity index (χ0) is 8.43. The predicted octanol–water partition coefficient (Wildman–Crippen LogP) is 4.10. The Morgan fingerprint density at radius 2 is 2.18 bits per heavy atom. The van der Waals surface area contributed by atoms with E-state index in [-0.39, 0.29) is 0 Å². The number of alkyl halides is 1. The van der Waals surface area contributed by atoms with E-state index < -0.39 is 0 Å². The minimum absolute atomic E-state index is 0.580. The molecule has 0 nitrogen and oxygen atoms in total. The Bertz CT molecular complexity index is 250. The Kier molecular flexibility index (Phi) is 3.65. The topological polar surface area (TPSA) is 0 Å². The third-order valence-electron chi connectivity index (χ3n) is 1.42. The lowest BCUT2D eigenvalue weighted by atomic mass is 10.2. The maximum absolute atomic E-state index is 5.70. The maximum atomic E-state index is 5.70. The van der Waals surface area contributed by atoms with Gasteiger partial charge in [-0.1, -0.05) is 6.07 Å². The van der Waals surface area contributed by atoms with Crippen LogP contribution in [0.15, 0.2) is 16.6 Å². The molecule has 0 saturated heterocycles. The van der Waals surface area contributed by atoms with Crippen molar-refractivity contribution in [2.75, 3.05) is 0 Å². The van der Waals surface area contributed by atoms with Gasteiger partial charge in [-0.2, -0.15) is 0 Å². The fourth-order valence-electron chi connectivity index (χ4n) is 0.875. The summed E-state index contributed by atoms with van der Waals surface area (Å²) >= 11 is 11.5. The molecule has 0 amide bonds. The average Bonchev–Trinajstić information content (AvgIpc) is 1.99. The lowest BCUT2D eigenvalue weighted by molar-refractivity contribution is 1.31. The summed E-state index contributed by atoms with van der Waals surface area (Å²) < 4.78 is 2.39. The average molecular weight is 345 g/mol. The van der Waals surface area contributed by atoms with Gasteiger partial charge >= 0.3 is 0 Å². The third-order valence-corrected chi connectivity index (χ3v) is 4.53. The molecule has 60 valence electrons. The van der Waals surface area contributed by atoms with Crippen LogP contribution in [0.25, 0.3) is 0 Å². The van der Waals surface area contributed by atoms with Gasteiger partial charge in [0.2, 0.25) is 0 Å². The summed E-state index contributed by atoms with van der Waals surface area (Å²) in [7, 11) is 0. The van der Waals surface area contributed by atoms with Crippen LogP contribution in [0.1, 0.15) is 11.1 Å². The van der Waals surface area contributed by atoms with Gasteiger partial charge in [0.1, 0.15) is 0 Å². The van der Waals surface area contributed by atoms with Gasteiger partial charge in [-0.3, -0.25) is 0 Å². The Morgan fingerprint density at radius 3 is 2.64 bits per heavy atom. The van der Waals surface area contributed by atoms with Crippen molar-refractivity contribution in [3.8, 4) is 0 Å². The second-order valence-electron chi connectivity index (χ2n) is 2.34. The van der Waals surface area contributed by atoms with Crippen molar-refractivity contribution >= 4 is 50.1 Å². The van der Waals surface area contributed by atoms with Crippen molar-refractivity contribution in [2.24, 2.45) is 0 Å². The molecule has 0 radical (unpaired) electrons. The van der Waals surface area contributed by atoms with Crippen molar-refractivity contribution in [3.05, 3.63) is 31.3 Å². The minimum Gasteiger partial charge on any atom is -0.122 e. The van der Waals surface area contributed by atoms with E-state index in [2.05, 4.69) is 57.6 Å². The number of benzene rings is 1. The summed E-state index contributed by atoms with van der Waals surface area (Å²) in [5, 5.41) is 0. The molecule has 0 saturated carbocycles. The Morgan fingerprint density at radius 1 is 1.55 bits per heavy atom. The molecule has 0 aliphatic heterocycles. The molecule has 0 bridgehead atoms. The molecule has 0 N–H and O–H groups in total. The van der Waals surface area contributed by atoms with Gasteiger partial charge in [0.25, 0.3) is 0 Å². The van der Waals surface area contributed by atoms with E-state index in [1.54, 1.807) is 0 Å². The van der Waals surface area contributed by atoms with Crippen LogP contribution in [-0.4, -0.2) is 0 Å². The first-order valence-corrected chi connectivity index (χ1v) is 5.56. The van der Waals surface area contributed by atoms with Crippen LogP contribution in [0.2, 0.25) is 0 Å². The van der Waals surface area contributed by atoms with Crippen LogP contribution in [0, 0.1) is 10.5 Å². The Hall–Kier alpha value is 0.720. The molecule has 11 heavy (non-hydrogen) atoms. The van der Waals surface area contributed by atoms with E-state index in [1.807, 2.05) is 0 Å². The number of hydrogen-bond donors (Lipinski definition) is 0. The summed E-state index contributed by atoms with van der Waals surface area (Å²) in [6, 6.07) is 4.17. The standard InChI is InChI=1S/C8H7BrClI/c1-5-2-6(4-10)3-7(9)8(5)11/h2-3H,4H2,1H3. The van der Waals surface area contributed by atoms with E-state index in [4.69, 9.17) is 11.6 Å². The van der Waals surface area contributed by atoms with Crippen molar-refractivity contribution in [1.29, 1.82) is 0 Å². The van der Waals surface area contributed by atoms with E-state index in [1.165, 1.54) is 9.13 Å². The van der Waals surface area contributed by atoms with Gasteiger partial charge < -0.3 is 0 Å². The summed E-state index contributed by atoms with van der Waals surface area (Å²) in [6.45, 7) is 2.09. The zero-order valence-corrected chi connectivity index (χ0v) is 10.5. The monoisotopic (exact) mass is 344 g/mol. The van der Waals surface area contributed by atoms with Crippen LogP contribution in [0.3, 0.4) is 0 Å². The molecule has 1 rings (SSSR count). The largest absolute Gasteiger partial charge is 0.122 e. The molecule has 3 heteroatoms.